The number of aromatic nitrogens is 3. The Morgan fingerprint density at radius 1 is 1.12 bits per heavy atom. The fourth-order valence-corrected chi connectivity index (χ4v) is 2.67. The van der Waals surface area contributed by atoms with E-state index in [9.17, 15) is 9.59 Å². The molecule has 0 saturated carbocycles. The van der Waals surface area contributed by atoms with Gasteiger partial charge >= 0.3 is 0 Å². The Morgan fingerprint density at radius 3 is 2.38 bits per heavy atom. The number of nitrogens with one attached hydrogen (secondary N) is 1. The summed E-state index contributed by atoms with van der Waals surface area (Å²) in [7, 11) is 5.23. The van der Waals surface area contributed by atoms with E-state index >= 15 is 0 Å². The second-order valence-corrected chi connectivity index (χ2v) is 6.17. The molecule has 1 aromatic carbocycles. The molecule has 2 heterocycles. The van der Waals surface area contributed by atoms with Gasteiger partial charge in [-0.2, -0.15) is 5.10 Å². The van der Waals surface area contributed by atoms with Gasteiger partial charge in [0.25, 0.3) is 11.8 Å². The first-order chi connectivity index (χ1) is 12.5. The number of carbonyl (C=O) groups excluding carboxylic acids is 2. The van der Waals surface area contributed by atoms with E-state index in [1.165, 1.54) is 4.90 Å². The van der Waals surface area contributed by atoms with Crippen LogP contribution in [0, 0.1) is 0 Å². The lowest BCUT2D eigenvalue weighted by Gasteiger charge is -2.11. The molecular formula is C19H21N5O2. The number of hydrogen-bond donors (Lipinski definition) is 1. The Balaban J connectivity index is 1.69. The first kappa shape index (κ1) is 17.5. The van der Waals surface area contributed by atoms with Gasteiger partial charge in [0.1, 0.15) is 11.4 Å². The molecule has 7 heteroatoms. The van der Waals surface area contributed by atoms with Crippen molar-refractivity contribution in [2.45, 2.75) is 6.54 Å². The Kier molecular flexibility index (Phi) is 4.88. The third-order valence-electron chi connectivity index (χ3n) is 4.06. The van der Waals surface area contributed by atoms with Crippen LogP contribution in [-0.2, 0) is 13.6 Å². The van der Waals surface area contributed by atoms with E-state index in [2.05, 4.69) is 10.4 Å². The monoisotopic (exact) mass is 351 g/mol. The van der Waals surface area contributed by atoms with Gasteiger partial charge in [0.2, 0.25) is 0 Å². The van der Waals surface area contributed by atoms with Gasteiger partial charge < -0.3 is 14.8 Å². The van der Waals surface area contributed by atoms with Gasteiger partial charge in [-0.1, -0.05) is 12.1 Å². The van der Waals surface area contributed by atoms with Gasteiger partial charge in [-0.15, -0.1) is 0 Å². The molecule has 3 aromatic rings. The minimum absolute atomic E-state index is 0.0488. The summed E-state index contributed by atoms with van der Waals surface area (Å²) < 4.78 is 3.51. The van der Waals surface area contributed by atoms with Crippen LogP contribution in [0.1, 0.15) is 26.3 Å². The van der Waals surface area contributed by atoms with Gasteiger partial charge in [-0.3, -0.25) is 14.3 Å². The van der Waals surface area contributed by atoms with Gasteiger partial charge in [0.05, 0.1) is 6.20 Å². The van der Waals surface area contributed by atoms with Crippen LogP contribution < -0.4 is 5.32 Å². The first-order valence-corrected chi connectivity index (χ1v) is 8.21. The highest BCUT2D eigenvalue weighted by atomic mass is 16.2. The standard InChI is InChI=1S/C19H21N5O2/c1-22(2)19(26)15-8-6-14(7-9-15)12-20-17(25)16-13-21-23(3)18(16)24-10-4-5-11-24/h4-11,13H,12H2,1-3H3,(H,20,25). The second-order valence-electron chi connectivity index (χ2n) is 6.17. The van der Waals surface area contributed by atoms with E-state index in [1.807, 2.05) is 41.2 Å². The minimum atomic E-state index is -0.199. The van der Waals surface area contributed by atoms with Crippen LogP contribution in [0.25, 0.3) is 5.82 Å². The lowest BCUT2D eigenvalue weighted by molar-refractivity contribution is 0.0827. The molecule has 0 aliphatic heterocycles. The summed E-state index contributed by atoms with van der Waals surface area (Å²) in [4.78, 5) is 26.0. The summed E-state index contributed by atoms with van der Waals surface area (Å²) >= 11 is 0. The molecule has 0 atom stereocenters. The van der Waals surface area contributed by atoms with Crippen LogP contribution in [-0.4, -0.2) is 45.2 Å². The van der Waals surface area contributed by atoms with Crippen LogP contribution in [0.5, 0.6) is 0 Å². The van der Waals surface area contributed by atoms with Crippen molar-refractivity contribution in [1.82, 2.24) is 24.6 Å². The first-order valence-electron chi connectivity index (χ1n) is 8.21. The number of carbonyl (C=O) groups is 2. The van der Waals surface area contributed by atoms with Crippen molar-refractivity contribution in [2.75, 3.05) is 14.1 Å². The topological polar surface area (TPSA) is 72.2 Å². The smallest absolute Gasteiger partial charge is 0.256 e. The average molecular weight is 351 g/mol. The number of nitrogens with zero attached hydrogens (tertiary/aromatic N) is 4. The van der Waals surface area contributed by atoms with Crippen molar-refractivity contribution in [3.8, 4) is 5.82 Å². The third-order valence-corrected chi connectivity index (χ3v) is 4.06. The Bertz CT molecular complexity index is 908. The van der Waals surface area contributed by atoms with Gasteiger partial charge in [0, 0.05) is 45.6 Å². The lowest BCUT2D eigenvalue weighted by atomic mass is 10.1. The number of rotatable bonds is 5. The van der Waals surface area contributed by atoms with Crippen LogP contribution in [0.3, 0.4) is 0 Å². The zero-order chi connectivity index (χ0) is 18.7. The van der Waals surface area contributed by atoms with Crippen molar-refractivity contribution in [3.63, 3.8) is 0 Å². The molecule has 1 N–H and O–H groups in total. The molecule has 3 rings (SSSR count). The normalized spacial score (nSPS) is 10.6. The molecule has 0 bridgehead atoms. The third kappa shape index (κ3) is 3.51. The number of amides is 2. The van der Waals surface area contributed by atoms with E-state index < -0.39 is 0 Å². The fourth-order valence-electron chi connectivity index (χ4n) is 2.67. The number of hydrogen-bond acceptors (Lipinski definition) is 3. The van der Waals surface area contributed by atoms with Gasteiger partial charge in [-0.25, -0.2) is 0 Å². The molecule has 2 amide bonds. The van der Waals surface area contributed by atoms with Crippen molar-refractivity contribution in [3.05, 3.63) is 71.7 Å². The van der Waals surface area contributed by atoms with Gasteiger partial charge in [0.15, 0.2) is 0 Å². The van der Waals surface area contributed by atoms with Gasteiger partial charge in [-0.05, 0) is 29.8 Å². The summed E-state index contributed by atoms with van der Waals surface area (Å²) in [6.45, 7) is 0.370. The van der Waals surface area contributed by atoms with E-state index in [0.29, 0.717) is 23.5 Å². The molecule has 0 spiro atoms. The molecule has 0 unspecified atom stereocenters. The Hall–Kier alpha value is -3.35. The van der Waals surface area contributed by atoms with Crippen LogP contribution in [0.2, 0.25) is 0 Å². The molecule has 2 aromatic heterocycles. The van der Waals surface area contributed by atoms with Crippen molar-refractivity contribution in [1.29, 1.82) is 0 Å². The molecule has 0 radical (unpaired) electrons. The highest BCUT2D eigenvalue weighted by Crippen LogP contribution is 2.14. The fraction of sp³-hybridized carbons (Fsp3) is 0.211. The zero-order valence-corrected chi connectivity index (χ0v) is 15.0. The molecule has 0 aliphatic carbocycles. The van der Waals surface area contributed by atoms with Crippen molar-refractivity contribution >= 4 is 11.8 Å². The molecule has 26 heavy (non-hydrogen) atoms. The largest absolute Gasteiger partial charge is 0.348 e. The van der Waals surface area contributed by atoms with E-state index in [0.717, 1.165) is 5.56 Å². The van der Waals surface area contributed by atoms with Crippen molar-refractivity contribution < 1.29 is 9.59 Å². The quantitative estimate of drug-likeness (QED) is 0.762. The van der Waals surface area contributed by atoms with Crippen LogP contribution >= 0.6 is 0 Å². The summed E-state index contributed by atoms with van der Waals surface area (Å²) in [6, 6.07) is 11.0. The van der Waals surface area contributed by atoms with Crippen LogP contribution in [0.15, 0.2) is 55.0 Å². The predicted molar refractivity (Wildman–Crippen MR) is 98.2 cm³/mol. The van der Waals surface area contributed by atoms with Crippen molar-refractivity contribution in [2.24, 2.45) is 7.05 Å². The SMILES string of the molecule is CN(C)C(=O)c1ccc(CNC(=O)c2cnn(C)c2-n2cccc2)cc1. The maximum absolute atomic E-state index is 12.6. The highest BCUT2D eigenvalue weighted by Gasteiger charge is 2.17. The minimum Gasteiger partial charge on any atom is -0.348 e. The zero-order valence-electron chi connectivity index (χ0n) is 15.0. The molecule has 0 saturated heterocycles. The Morgan fingerprint density at radius 2 is 1.77 bits per heavy atom. The van der Waals surface area contributed by atoms with Crippen LogP contribution in [0.4, 0.5) is 0 Å². The molecular weight excluding hydrogens is 330 g/mol. The number of aryl methyl sites for hydroxylation is 1. The second kappa shape index (κ2) is 7.26. The van der Waals surface area contributed by atoms with E-state index in [-0.39, 0.29) is 11.8 Å². The molecule has 0 fully saturated rings. The average Bonchev–Trinajstić information content (AvgIpc) is 3.28. The predicted octanol–water partition coefficient (Wildman–Crippen LogP) is 1.84. The summed E-state index contributed by atoms with van der Waals surface area (Å²) in [5, 5.41) is 7.09. The summed E-state index contributed by atoms with van der Waals surface area (Å²) in [6.07, 6.45) is 5.30. The molecule has 7 nitrogen and oxygen atoms in total. The summed E-state index contributed by atoms with van der Waals surface area (Å²) in [5.41, 5.74) is 2.04. The van der Waals surface area contributed by atoms with E-state index in [4.69, 9.17) is 0 Å². The summed E-state index contributed by atoms with van der Waals surface area (Å²) in [5.74, 6) is 0.460. The maximum atomic E-state index is 12.6. The highest BCUT2D eigenvalue weighted by molar-refractivity contribution is 5.97. The lowest BCUT2D eigenvalue weighted by Crippen LogP contribution is -2.24. The molecule has 0 aliphatic rings. The van der Waals surface area contributed by atoms with E-state index in [1.54, 1.807) is 44.2 Å². The molecule has 134 valence electrons. The Labute approximate surface area is 151 Å². The number of benzene rings is 1. The maximum Gasteiger partial charge on any atom is 0.256 e.